The zero-order valence-corrected chi connectivity index (χ0v) is 16.3. The van der Waals surface area contributed by atoms with Crippen LogP contribution in [0.2, 0.25) is 0 Å². The summed E-state index contributed by atoms with van der Waals surface area (Å²) in [6.45, 7) is 10.1. The van der Waals surface area contributed by atoms with Crippen LogP contribution in [0, 0.1) is 12.8 Å². The highest BCUT2D eigenvalue weighted by atomic mass is 16.6. The van der Waals surface area contributed by atoms with Crippen molar-refractivity contribution >= 4 is 17.6 Å². The SMILES string of the molecule is Cc1nnc2ccc(N3CCCC(CN(C)C(=O)OC(C)(C)C)C3)nn12. The van der Waals surface area contributed by atoms with Crippen molar-refractivity contribution in [3.63, 3.8) is 0 Å². The van der Waals surface area contributed by atoms with Gasteiger partial charge in [-0.05, 0) is 58.6 Å². The number of amides is 1. The van der Waals surface area contributed by atoms with Crippen LogP contribution in [-0.4, -0.2) is 63.1 Å². The lowest BCUT2D eigenvalue weighted by Gasteiger charge is -2.35. The predicted molar refractivity (Wildman–Crippen MR) is 99.3 cm³/mol. The van der Waals surface area contributed by atoms with E-state index in [0.717, 1.165) is 43.2 Å². The van der Waals surface area contributed by atoms with E-state index in [2.05, 4.69) is 20.2 Å². The topological polar surface area (TPSA) is 75.9 Å². The number of aryl methyl sites for hydroxylation is 1. The maximum absolute atomic E-state index is 12.2. The number of carbonyl (C=O) groups is 1. The molecule has 8 nitrogen and oxygen atoms in total. The predicted octanol–water partition coefficient (Wildman–Crippen LogP) is 2.52. The van der Waals surface area contributed by atoms with Gasteiger partial charge in [-0.1, -0.05) is 0 Å². The molecule has 142 valence electrons. The second-order valence-electron chi connectivity index (χ2n) is 8.02. The molecule has 0 N–H and O–H groups in total. The van der Waals surface area contributed by atoms with E-state index in [-0.39, 0.29) is 6.09 Å². The first-order valence-corrected chi connectivity index (χ1v) is 9.11. The Kier molecular flexibility index (Phi) is 5.02. The Labute approximate surface area is 154 Å². The standard InChI is InChI=1S/C18H28N6O2/c1-13-19-20-15-8-9-16(21-24(13)15)23-10-6-7-14(12-23)11-22(5)17(25)26-18(2,3)4/h8-9,14H,6-7,10-12H2,1-5H3. The number of ether oxygens (including phenoxy) is 1. The molecule has 2 aromatic rings. The summed E-state index contributed by atoms with van der Waals surface area (Å²) in [5, 5.41) is 12.8. The van der Waals surface area contributed by atoms with E-state index in [1.54, 1.807) is 16.5 Å². The van der Waals surface area contributed by atoms with Gasteiger partial charge in [0, 0.05) is 26.7 Å². The second-order valence-corrected chi connectivity index (χ2v) is 8.02. The van der Waals surface area contributed by atoms with Crippen molar-refractivity contribution in [3.8, 4) is 0 Å². The third-order valence-electron chi connectivity index (χ3n) is 4.48. The minimum absolute atomic E-state index is 0.269. The average molecular weight is 360 g/mol. The molecule has 3 rings (SSSR count). The first-order valence-electron chi connectivity index (χ1n) is 9.11. The summed E-state index contributed by atoms with van der Waals surface area (Å²) in [5.74, 6) is 2.09. The van der Waals surface area contributed by atoms with Gasteiger partial charge >= 0.3 is 6.09 Å². The van der Waals surface area contributed by atoms with E-state index in [0.29, 0.717) is 12.5 Å². The lowest BCUT2D eigenvalue weighted by atomic mass is 9.97. The Balaban J connectivity index is 1.65. The van der Waals surface area contributed by atoms with Crippen molar-refractivity contribution in [2.75, 3.05) is 31.6 Å². The van der Waals surface area contributed by atoms with Gasteiger partial charge in [-0.3, -0.25) is 0 Å². The smallest absolute Gasteiger partial charge is 0.410 e. The summed E-state index contributed by atoms with van der Waals surface area (Å²) in [4.78, 5) is 16.2. The molecule has 0 saturated carbocycles. The lowest BCUT2D eigenvalue weighted by Crippen LogP contribution is -2.43. The summed E-state index contributed by atoms with van der Waals surface area (Å²) in [7, 11) is 1.80. The number of fused-ring (bicyclic) bond motifs is 1. The van der Waals surface area contributed by atoms with E-state index in [4.69, 9.17) is 4.74 Å². The number of aromatic nitrogens is 4. The van der Waals surface area contributed by atoms with Crippen LogP contribution in [-0.2, 0) is 4.74 Å². The minimum atomic E-state index is -0.472. The van der Waals surface area contributed by atoms with E-state index >= 15 is 0 Å². The fourth-order valence-electron chi connectivity index (χ4n) is 3.28. The van der Waals surface area contributed by atoms with Gasteiger partial charge in [0.2, 0.25) is 0 Å². The van der Waals surface area contributed by atoms with Crippen molar-refractivity contribution in [1.29, 1.82) is 0 Å². The molecule has 1 amide bonds. The third kappa shape index (κ3) is 4.23. The Bertz CT molecular complexity index is 782. The first kappa shape index (κ1) is 18.4. The first-order chi connectivity index (χ1) is 12.2. The number of carbonyl (C=O) groups excluding carboxylic acids is 1. The molecular weight excluding hydrogens is 332 g/mol. The molecule has 0 aromatic carbocycles. The van der Waals surface area contributed by atoms with Crippen LogP contribution in [0.25, 0.3) is 5.65 Å². The van der Waals surface area contributed by atoms with E-state index in [1.165, 1.54) is 0 Å². The zero-order chi connectivity index (χ0) is 18.9. The van der Waals surface area contributed by atoms with Crippen LogP contribution in [0.3, 0.4) is 0 Å². The number of rotatable bonds is 3. The van der Waals surface area contributed by atoms with Crippen molar-refractivity contribution in [3.05, 3.63) is 18.0 Å². The Morgan fingerprint density at radius 3 is 2.85 bits per heavy atom. The van der Waals surface area contributed by atoms with Crippen molar-refractivity contribution in [2.24, 2.45) is 5.92 Å². The average Bonchev–Trinajstić information content (AvgIpc) is 2.94. The third-order valence-corrected chi connectivity index (χ3v) is 4.48. The van der Waals surface area contributed by atoms with Gasteiger partial charge in [0.1, 0.15) is 11.4 Å². The fourth-order valence-corrected chi connectivity index (χ4v) is 3.28. The van der Waals surface area contributed by atoms with Crippen LogP contribution >= 0.6 is 0 Å². The Morgan fingerprint density at radius 2 is 2.12 bits per heavy atom. The van der Waals surface area contributed by atoms with Crippen LogP contribution in [0.15, 0.2) is 12.1 Å². The van der Waals surface area contributed by atoms with Crippen LogP contribution in [0.5, 0.6) is 0 Å². The molecule has 3 heterocycles. The molecule has 1 aliphatic rings. The number of nitrogens with zero attached hydrogens (tertiary/aromatic N) is 6. The van der Waals surface area contributed by atoms with E-state index in [9.17, 15) is 4.79 Å². The Morgan fingerprint density at radius 1 is 1.35 bits per heavy atom. The van der Waals surface area contributed by atoms with E-state index in [1.807, 2.05) is 39.8 Å². The molecule has 0 bridgehead atoms. The van der Waals surface area contributed by atoms with Gasteiger partial charge in [-0.15, -0.1) is 15.3 Å². The van der Waals surface area contributed by atoms with Crippen molar-refractivity contribution in [2.45, 2.75) is 46.1 Å². The molecule has 2 aromatic heterocycles. The number of piperidine rings is 1. The van der Waals surface area contributed by atoms with Gasteiger partial charge in [-0.25, -0.2) is 4.79 Å². The van der Waals surface area contributed by atoms with Crippen LogP contribution in [0.4, 0.5) is 10.6 Å². The summed E-state index contributed by atoms with van der Waals surface area (Å²) in [5.41, 5.74) is 0.282. The maximum Gasteiger partial charge on any atom is 0.410 e. The molecule has 1 aliphatic heterocycles. The molecule has 0 spiro atoms. The fraction of sp³-hybridized carbons (Fsp3) is 0.667. The molecule has 1 atom stereocenters. The van der Waals surface area contributed by atoms with Gasteiger partial charge < -0.3 is 14.5 Å². The summed E-state index contributed by atoms with van der Waals surface area (Å²) in [6, 6.07) is 3.93. The number of anilines is 1. The Hall–Kier alpha value is -2.38. The largest absolute Gasteiger partial charge is 0.444 e. The minimum Gasteiger partial charge on any atom is -0.444 e. The van der Waals surface area contributed by atoms with Crippen molar-refractivity contribution in [1.82, 2.24) is 24.7 Å². The summed E-state index contributed by atoms with van der Waals surface area (Å²) < 4.78 is 7.22. The molecule has 8 heteroatoms. The maximum atomic E-state index is 12.2. The second kappa shape index (κ2) is 7.09. The van der Waals surface area contributed by atoms with Gasteiger partial charge in [0.25, 0.3) is 0 Å². The van der Waals surface area contributed by atoms with Crippen molar-refractivity contribution < 1.29 is 9.53 Å². The molecule has 26 heavy (non-hydrogen) atoms. The highest BCUT2D eigenvalue weighted by Crippen LogP contribution is 2.23. The number of hydrogen-bond acceptors (Lipinski definition) is 6. The quantitative estimate of drug-likeness (QED) is 0.837. The molecule has 1 unspecified atom stereocenters. The molecule has 0 radical (unpaired) electrons. The van der Waals surface area contributed by atoms with E-state index < -0.39 is 5.60 Å². The van der Waals surface area contributed by atoms with Crippen LogP contribution < -0.4 is 4.90 Å². The lowest BCUT2D eigenvalue weighted by molar-refractivity contribution is 0.0269. The molecule has 1 saturated heterocycles. The van der Waals surface area contributed by atoms with Gasteiger partial charge in [-0.2, -0.15) is 4.52 Å². The zero-order valence-electron chi connectivity index (χ0n) is 16.3. The highest BCUT2D eigenvalue weighted by molar-refractivity contribution is 5.67. The monoisotopic (exact) mass is 360 g/mol. The molecule has 1 fully saturated rings. The normalized spacial score (nSPS) is 18.2. The van der Waals surface area contributed by atoms with Crippen LogP contribution in [0.1, 0.15) is 39.4 Å². The summed E-state index contributed by atoms with van der Waals surface area (Å²) in [6.07, 6.45) is 1.90. The highest BCUT2D eigenvalue weighted by Gasteiger charge is 2.26. The summed E-state index contributed by atoms with van der Waals surface area (Å²) >= 11 is 0. The molecule has 0 aliphatic carbocycles. The number of hydrogen-bond donors (Lipinski definition) is 0. The van der Waals surface area contributed by atoms with Gasteiger partial charge in [0.15, 0.2) is 11.5 Å². The van der Waals surface area contributed by atoms with Gasteiger partial charge in [0.05, 0.1) is 0 Å². The molecular formula is C18H28N6O2.